The van der Waals surface area contributed by atoms with E-state index in [1.807, 2.05) is 12.1 Å². The van der Waals surface area contributed by atoms with Gasteiger partial charge in [0.05, 0.1) is 13.5 Å². The Morgan fingerprint density at radius 2 is 2.06 bits per heavy atom. The average Bonchev–Trinajstić information content (AvgIpc) is 2.39. The number of methoxy groups -OCH3 is 1. The fraction of sp³-hybridized carbons (Fsp3) is 0.533. The van der Waals surface area contributed by atoms with Crippen molar-refractivity contribution < 1.29 is 14.6 Å². The highest BCUT2D eigenvalue weighted by Gasteiger charge is 2.17. The first-order valence-corrected chi connectivity index (χ1v) is 6.59. The third kappa shape index (κ3) is 3.03. The highest BCUT2D eigenvalue weighted by Crippen LogP contribution is 2.34. The molecule has 18 heavy (non-hydrogen) atoms. The highest BCUT2D eigenvalue weighted by atomic mass is 16.5. The molecule has 0 spiro atoms. The number of ether oxygens (including phenoxy) is 1. The predicted molar refractivity (Wildman–Crippen MR) is 70.2 cm³/mol. The van der Waals surface area contributed by atoms with Crippen molar-refractivity contribution in [2.24, 2.45) is 0 Å². The third-order valence-electron chi connectivity index (χ3n) is 3.72. The minimum Gasteiger partial charge on any atom is -0.496 e. The smallest absolute Gasteiger partial charge is 0.307 e. The maximum atomic E-state index is 10.9. The summed E-state index contributed by atoms with van der Waals surface area (Å²) in [5, 5.41) is 8.93. The van der Waals surface area contributed by atoms with Crippen LogP contribution in [0.25, 0.3) is 0 Å². The van der Waals surface area contributed by atoms with Gasteiger partial charge in [0.1, 0.15) is 5.75 Å². The summed E-state index contributed by atoms with van der Waals surface area (Å²) >= 11 is 0. The van der Waals surface area contributed by atoms with Gasteiger partial charge < -0.3 is 9.84 Å². The van der Waals surface area contributed by atoms with Gasteiger partial charge in [-0.2, -0.15) is 0 Å². The summed E-state index contributed by atoms with van der Waals surface area (Å²) in [5.74, 6) is 0.461. The lowest BCUT2D eigenvalue weighted by Gasteiger charge is -2.23. The largest absolute Gasteiger partial charge is 0.496 e. The monoisotopic (exact) mass is 248 g/mol. The Hall–Kier alpha value is -1.51. The van der Waals surface area contributed by atoms with E-state index < -0.39 is 5.97 Å². The molecule has 0 amide bonds. The number of carboxylic acid groups (broad SMARTS) is 1. The summed E-state index contributed by atoms with van der Waals surface area (Å²) in [5.41, 5.74) is 2.06. The third-order valence-corrected chi connectivity index (χ3v) is 3.72. The second kappa shape index (κ2) is 5.89. The van der Waals surface area contributed by atoms with Gasteiger partial charge in [-0.05, 0) is 30.4 Å². The highest BCUT2D eigenvalue weighted by molar-refractivity contribution is 5.71. The van der Waals surface area contributed by atoms with E-state index in [0.717, 1.165) is 5.56 Å². The fourth-order valence-corrected chi connectivity index (χ4v) is 2.79. The van der Waals surface area contributed by atoms with Crippen LogP contribution in [0.1, 0.15) is 49.1 Å². The van der Waals surface area contributed by atoms with Gasteiger partial charge in [-0.15, -0.1) is 0 Å². The number of aliphatic carboxylic acids is 1. The molecule has 1 N–H and O–H groups in total. The Morgan fingerprint density at radius 3 is 2.67 bits per heavy atom. The minimum absolute atomic E-state index is 0.0315. The van der Waals surface area contributed by atoms with Gasteiger partial charge in [0, 0.05) is 5.56 Å². The lowest BCUT2D eigenvalue weighted by molar-refractivity contribution is -0.136. The van der Waals surface area contributed by atoms with Crippen molar-refractivity contribution in [3.05, 3.63) is 29.3 Å². The molecule has 1 fully saturated rings. The quantitative estimate of drug-likeness (QED) is 0.888. The molecule has 1 aromatic rings. The van der Waals surface area contributed by atoms with Gasteiger partial charge in [0.25, 0.3) is 0 Å². The van der Waals surface area contributed by atoms with E-state index >= 15 is 0 Å². The number of hydrogen-bond donors (Lipinski definition) is 1. The first-order valence-electron chi connectivity index (χ1n) is 6.59. The normalized spacial score (nSPS) is 16.5. The molecule has 0 aliphatic heterocycles. The first-order chi connectivity index (χ1) is 8.70. The molecule has 1 saturated carbocycles. The maximum Gasteiger partial charge on any atom is 0.307 e. The van der Waals surface area contributed by atoms with E-state index in [4.69, 9.17) is 9.84 Å². The van der Waals surface area contributed by atoms with Crippen molar-refractivity contribution in [3.63, 3.8) is 0 Å². The van der Waals surface area contributed by atoms with E-state index in [1.165, 1.54) is 37.7 Å². The molecule has 0 radical (unpaired) electrons. The van der Waals surface area contributed by atoms with Crippen LogP contribution in [0.2, 0.25) is 0 Å². The van der Waals surface area contributed by atoms with Crippen LogP contribution in [-0.4, -0.2) is 18.2 Å². The summed E-state index contributed by atoms with van der Waals surface area (Å²) in [7, 11) is 1.58. The fourth-order valence-electron chi connectivity index (χ4n) is 2.79. The first kappa shape index (κ1) is 12.9. The van der Waals surface area contributed by atoms with Crippen LogP contribution in [0.5, 0.6) is 5.75 Å². The van der Waals surface area contributed by atoms with E-state index in [0.29, 0.717) is 11.7 Å². The Balaban J connectivity index is 2.23. The predicted octanol–water partition coefficient (Wildman–Crippen LogP) is 3.37. The number of rotatable bonds is 4. The molecule has 1 aliphatic rings. The molecule has 0 aromatic heterocycles. The molecule has 2 rings (SSSR count). The van der Waals surface area contributed by atoms with Crippen LogP contribution < -0.4 is 4.74 Å². The topological polar surface area (TPSA) is 46.5 Å². The number of carboxylic acids is 1. The molecular weight excluding hydrogens is 228 g/mol. The molecule has 0 bridgehead atoms. The lowest BCUT2D eigenvalue weighted by atomic mass is 9.83. The zero-order valence-electron chi connectivity index (χ0n) is 10.8. The van der Waals surface area contributed by atoms with E-state index in [1.54, 1.807) is 7.11 Å². The molecule has 1 aliphatic carbocycles. The van der Waals surface area contributed by atoms with Crippen molar-refractivity contribution in [1.82, 2.24) is 0 Å². The molecule has 0 unspecified atom stereocenters. The Labute approximate surface area is 108 Å². The second-order valence-electron chi connectivity index (χ2n) is 4.98. The summed E-state index contributed by atoms with van der Waals surface area (Å²) in [6, 6.07) is 6.01. The molecule has 0 saturated heterocycles. The van der Waals surface area contributed by atoms with Crippen LogP contribution >= 0.6 is 0 Å². The average molecular weight is 248 g/mol. The van der Waals surface area contributed by atoms with Gasteiger partial charge >= 0.3 is 5.97 Å². The molecule has 0 heterocycles. The summed E-state index contributed by atoms with van der Waals surface area (Å²) < 4.78 is 5.23. The maximum absolute atomic E-state index is 10.9. The van der Waals surface area contributed by atoms with E-state index in [9.17, 15) is 4.79 Å². The van der Waals surface area contributed by atoms with Crippen LogP contribution in [0.4, 0.5) is 0 Å². The Morgan fingerprint density at radius 1 is 1.33 bits per heavy atom. The molecule has 3 nitrogen and oxygen atoms in total. The van der Waals surface area contributed by atoms with Gasteiger partial charge in [0.2, 0.25) is 0 Å². The summed E-state index contributed by atoms with van der Waals surface area (Å²) in [4.78, 5) is 10.9. The summed E-state index contributed by atoms with van der Waals surface area (Å²) in [6.45, 7) is 0. The molecule has 1 aromatic carbocycles. The van der Waals surface area contributed by atoms with Crippen molar-refractivity contribution in [1.29, 1.82) is 0 Å². The van der Waals surface area contributed by atoms with Gasteiger partial charge in [-0.3, -0.25) is 4.79 Å². The van der Waals surface area contributed by atoms with E-state index in [-0.39, 0.29) is 6.42 Å². The van der Waals surface area contributed by atoms with E-state index in [2.05, 4.69) is 6.07 Å². The molecule has 0 atom stereocenters. The van der Waals surface area contributed by atoms with Crippen molar-refractivity contribution in [2.75, 3.05) is 7.11 Å². The standard InChI is InChI=1S/C15H20O3/c1-18-14-8-7-12(9-13(14)10-15(16)17)11-5-3-2-4-6-11/h7-9,11H,2-6,10H2,1H3,(H,16,17). The van der Waals surface area contributed by atoms with Crippen molar-refractivity contribution >= 4 is 5.97 Å². The van der Waals surface area contributed by atoms with Crippen molar-refractivity contribution in [2.45, 2.75) is 44.4 Å². The SMILES string of the molecule is COc1ccc(C2CCCCC2)cc1CC(=O)O. The van der Waals surface area contributed by atoms with Crippen LogP contribution in [0.15, 0.2) is 18.2 Å². The van der Waals surface area contributed by atoms with Crippen LogP contribution in [0, 0.1) is 0 Å². The lowest BCUT2D eigenvalue weighted by Crippen LogP contribution is -2.07. The van der Waals surface area contributed by atoms with Crippen LogP contribution in [0.3, 0.4) is 0 Å². The zero-order chi connectivity index (χ0) is 13.0. The van der Waals surface area contributed by atoms with Gasteiger partial charge in [0.15, 0.2) is 0 Å². The Bertz CT molecular complexity index is 420. The second-order valence-corrected chi connectivity index (χ2v) is 4.98. The molecule has 3 heteroatoms. The molecule has 98 valence electrons. The Kier molecular flexibility index (Phi) is 4.24. The molecular formula is C15H20O3. The summed E-state index contributed by atoms with van der Waals surface area (Å²) in [6.07, 6.45) is 6.37. The number of benzene rings is 1. The van der Waals surface area contributed by atoms with Crippen LogP contribution in [-0.2, 0) is 11.2 Å². The van der Waals surface area contributed by atoms with Gasteiger partial charge in [-0.1, -0.05) is 31.4 Å². The zero-order valence-corrected chi connectivity index (χ0v) is 10.8. The number of carbonyl (C=O) groups is 1. The van der Waals surface area contributed by atoms with Crippen molar-refractivity contribution in [3.8, 4) is 5.75 Å². The van der Waals surface area contributed by atoms with Gasteiger partial charge in [-0.25, -0.2) is 0 Å². The minimum atomic E-state index is -0.811. The number of hydrogen-bond acceptors (Lipinski definition) is 2.